The lowest BCUT2D eigenvalue weighted by atomic mass is 10.1. The van der Waals surface area contributed by atoms with Crippen molar-refractivity contribution in [3.8, 4) is 0 Å². The third-order valence-electron chi connectivity index (χ3n) is 3.87. The number of ether oxygens (including phenoxy) is 1. The van der Waals surface area contributed by atoms with Gasteiger partial charge >= 0.3 is 0 Å². The monoisotopic (exact) mass is 407 g/mol. The first kappa shape index (κ1) is 26.1. The summed E-state index contributed by atoms with van der Waals surface area (Å²) >= 11 is 0. The van der Waals surface area contributed by atoms with Gasteiger partial charge in [0.1, 0.15) is 6.04 Å². The van der Waals surface area contributed by atoms with E-state index in [1.54, 1.807) is 0 Å². The highest BCUT2D eigenvalue weighted by Crippen LogP contribution is 2.32. The molecular formula is C21H33N3O5. The molecule has 0 saturated carbocycles. The van der Waals surface area contributed by atoms with Crippen molar-refractivity contribution in [2.75, 3.05) is 0 Å². The van der Waals surface area contributed by atoms with Gasteiger partial charge in [0, 0.05) is 6.07 Å². The van der Waals surface area contributed by atoms with Crippen molar-refractivity contribution < 1.29 is 19.2 Å². The Morgan fingerprint density at radius 3 is 2.38 bits per heavy atom. The van der Waals surface area contributed by atoms with E-state index in [1.165, 1.54) is 29.4 Å². The Labute approximate surface area is 172 Å². The third-order valence-corrected chi connectivity index (χ3v) is 3.87. The molecule has 0 aromatic heterocycles. The summed E-state index contributed by atoms with van der Waals surface area (Å²) in [4.78, 5) is 35.6. The normalized spacial score (nSPS) is 13.2. The molecule has 1 unspecified atom stereocenters. The third kappa shape index (κ3) is 7.56. The average molecular weight is 408 g/mol. The van der Waals surface area contributed by atoms with Crippen LogP contribution >= 0.6 is 0 Å². The number of primary amides is 1. The van der Waals surface area contributed by atoms with Crippen molar-refractivity contribution in [2.45, 2.75) is 72.6 Å². The molecule has 2 N–H and O–H groups in total. The molecule has 1 aromatic carbocycles. The molecule has 1 heterocycles. The highest BCUT2D eigenvalue weighted by molar-refractivity contribution is 6.01. The molecule has 29 heavy (non-hydrogen) atoms. The van der Waals surface area contributed by atoms with E-state index in [1.807, 2.05) is 41.5 Å². The van der Waals surface area contributed by atoms with Crippen LogP contribution in [0.25, 0.3) is 0 Å². The van der Waals surface area contributed by atoms with Crippen LogP contribution in [0.4, 0.5) is 5.69 Å². The predicted molar refractivity (Wildman–Crippen MR) is 113 cm³/mol. The summed E-state index contributed by atoms with van der Waals surface area (Å²) in [7, 11) is 0. The summed E-state index contributed by atoms with van der Waals surface area (Å²) in [5.41, 5.74) is 5.80. The number of carbonyl (C=O) groups is 2. The van der Waals surface area contributed by atoms with Crippen LogP contribution in [0.5, 0.6) is 0 Å². The van der Waals surface area contributed by atoms with E-state index in [9.17, 15) is 19.7 Å². The fourth-order valence-electron chi connectivity index (χ4n) is 2.74. The smallest absolute Gasteiger partial charge is 0.275 e. The molecule has 1 aliphatic rings. The maximum Gasteiger partial charge on any atom is 0.275 e. The van der Waals surface area contributed by atoms with Crippen LogP contribution in [0.3, 0.4) is 0 Å². The summed E-state index contributed by atoms with van der Waals surface area (Å²) in [6, 6.07) is 3.64. The van der Waals surface area contributed by atoms with Gasteiger partial charge in [0.25, 0.3) is 11.6 Å². The second-order valence-corrected chi connectivity index (χ2v) is 7.10. The Kier molecular flexibility index (Phi) is 10.6. The summed E-state index contributed by atoms with van der Waals surface area (Å²) in [5, 5.41) is 11.0. The zero-order valence-corrected chi connectivity index (χ0v) is 18.2. The van der Waals surface area contributed by atoms with Gasteiger partial charge in [-0.25, -0.2) is 0 Å². The van der Waals surface area contributed by atoms with Crippen molar-refractivity contribution in [1.82, 2.24) is 4.90 Å². The second kappa shape index (κ2) is 11.8. The molecule has 1 atom stereocenters. The summed E-state index contributed by atoms with van der Waals surface area (Å²) < 4.78 is 4.99. The number of nitrogens with zero attached hydrogens (tertiary/aromatic N) is 2. The van der Waals surface area contributed by atoms with Crippen LogP contribution in [0.2, 0.25) is 0 Å². The van der Waals surface area contributed by atoms with Crippen LogP contribution in [-0.4, -0.2) is 33.3 Å². The van der Waals surface area contributed by atoms with Crippen LogP contribution in [0, 0.1) is 10.1 Å². The molecule has 0 aliphatic carbocycles. The van der Waals surface area contributed by atoms with Gasteiger partial charge in [0.05, 0.1) is 34.5 Å². The lowest BCUT2D eigenvalue weighted by Gasteiger charge is -2.24. The van der Waals surface area contributed by atoms with Crippen LogP contribution in [0.1, 0.15) is 70.3 Å². The Morgan fingerprint density at radius 1 is 1.41 bits per heavy atom. The quantitative estimate of drug-likeness (QED) is 0.431. The second-order valence-electron chi connectivity index (χ2n) is 7.10. The van der Waals surface area contributed by atoms with Crippen molar-refractivity contribution in [1.29, 1.82) is 0 Å². The van der Waals surface area contributed by atoms with E-state index in [2.05, 4.69) is 6.58 Å². The van der Waals surface area contributed by atoms with Crippen molar-refractivity contribution in [2.24, 2.45) is 5.73 Å². The SMILES string of the molecule is C=COC(C)(C)C.CC.CCCC(C(N)=O)N1Cc2c(cccc2[N+](=O)[O-])C1=O. The van der Waals surface area contributed by atoms with Gasteiger partial charge in [-0.05, 0) is 33.3 Å². The molecule has 1 aromatic rings. The summed E-state index contributed by atoms with van der Waals surface area (Å²) in [6.45, 7) is 15.3. The van der Waals surface area contributed by atoms with Crippen LogP contribution in [0.15, 0.2) is 31.0 Å². The average Bonchev–Trinajstić information content (AvgIpc) is 2.97. The van der Waals surface area contributed by atoms with Gasteiger partial charge in [0.2, 0.25) is 5.91 Å². The molecule has 0 saturated heterocycles. The Bertz CT molecular complexity index is 726. The van der Waals surface area contributed by atoms with Gasteiger partial charge in [-0.15, -0.1) is 0 Å². The number of amides is 2. The number of rotatable bonds is 6. The first-order chi connectivity index (χ1) is 13.5. The number of fused-ring (bicyclic) bond motifs is 1. The van der Waals surface area contributed by atoms with E-state index in [0.29, 0.717) is 18.4 Å². The van der Waals surface area contributed by atoms with Gasteiger partial charge in [-0.2, -0.15) is 0 Å². The number of benzene rings is 1. The molecule has 0 radical (unpaired) electrons. The number of nitrogens with two attached hydrogens (primary N) is 1. The van der Waals surface area contributed by atoms with Crippen LogP contribution in [-0.2, 0) is 16.1 Å². The molecule has 8 heteroatoms. The maximum absolute atomic E-state index is 12.3. The zero-order chi connectivity index (χ0) is 22.8. The Hall–Kier alpha value is -2.90. The van der Waals surface area contributed by atoms with Crippen molar-refractivity contribution in [3.05, 3.63) is 52.3 Å². The van der Waals surface area contributed by atoms with Gasteiger partial charge < -0.3 is 15.4 Å². The standard InChI is InChI=1S/C13H15N3O4.C6H12O.C2H6/c1-2-4-11(12(14)17)15-7-9-8(13(15)18)5-3-6-10(9)16(19)20;1-5-7-6(2,3)4;1-2/h3,5-6,11H,2,4,7H2,1H3,(H2,14,17);5H,1H2,2-4H3;1-2H3. The molecule has 2 rings (SSSR count). The molecule has 162 valence electrons. The molecule has 2 amide bonds. The molecule has 0 bridgehead atoms. The minimum absolute atomic E-state index is 0.0545. The first-order valence-corrected chi connectivity index (χ1v) is 9.68. The van der Waals surface area contributed by atoms with E-state index in [4.69, 9.17) is 10.5 Å². The van der Waals surface area contributed by atoms with Crippen LogP contribution < -0.4 is 5.73 Å². The predicted octanol–water partition coefficient (Wildman–Crippen LogP) is 4.18. The van der Waals surface area contributed by atoms with Crippen molar-refractivity contribution in [3.63, 3.8) is 0 Å². The number of hydrogen-bond donors (Lipinski definition) is 1. The first-order valence-electron chi connectivity index (χ1n) is 9.68. The molecule has 1 aliphatic heterocycles. The lowest BCUT2D eigenvalue weighted by molar-refractivity contribution is -0.385. The zero-order valence-electron chi connectivity index (χ0n) is 18.2. The number of nitro groups is 1. The maximum atomic E-state index is 12.3. The fourth-order valence-corrected chi connectivity index (χ4v) is 2.74. The van der Waals surface area contributed by atoms with Gasteiger partial charge in [0.15, 0.2) is 0 Å². The van der Waals surface area contributed by atoms with E-state index >= 15 is 0 Å². The molecule has 8 nitrogen and oxygen atoms in total. The lowest BCUT2D eigenvalue weighted by Crippen LogP contribution is -2.44. The summed E-state index contributed by atoms with van der Waals surface area (Å²) in [6.07, 6.45) is 2.60. The topological polar surface area (TPSA) is 116 Å². The van der Waals surface area contributed by atoms with Gasteiger partial charge in [-0.3, -0.25) is 19.7 Å². The highest BCUT2D eigenvalue weighted by Gasteiger charge is 2.38. The molecule has 0 spiro atoms. The van der Waals surface area contributed by atoms with E-state index < -0.39 is 16.9 Å². The molecule has 0 fully saturated rings. The molecular weight excluding hydrogens is 374 g/mol. The number of carbonyl (C=O) groups excluding carboxylic acids is 2. The number of hydrogen-bond acceptors (Lipinski definition) is 5. The minimum atomic E-state index is -0.723. The highest BCUT2D eigenvalue weighted by atomic mass is 16.6. The van der Waals surface area contributed by atoms with Crippen molar-refractivity contribution >= 4 is 17.5 Å². The minimum Gasteiger partial charge on any atom is -0.496 e. The number of nitro benzene ring substituents is 1. The summed E-state index contributed by atoms with van der Waals surface area (Å²) in [5.74, 6) is -0.961. The fraction of sp³-hybridized carbons (Fsp3) is 0.524. The van der Waals surface area contributed by atoms with E-state index in [-0.39, 0.29) is 29.3 Å². The Morgan fingerprint density at radius 2 is 2.00 bits per heavy atom. The largest absolute Gasteiger partial charge is 0.496 e. The van der Waals surface area contributed by atoms with E-state index in [0.717, 1.165) is 0 Å². The Balaban J connectivity index is 0.000000740. The van der Waals surface area contributed by atoms with Gasteiger partial charge in [-0.1, -0.05) is 39.8 Å².